The molecular formula is C14H17N3O. The van der Waals surface area contributed by atoms with Gasteiger partial charge >= 0.3 is 0 Å². The van der Waals surface area contributed by atoms with Crippen molar-refractivity contribution in [2.24, 2.45) is 0 Å². The Morgan fingerprint density at radius 3 is 2.28 bits per heavy atom. The third kappa shape index (κ3) is 2.27. The number of anilines is 1. The number of hydrogen-bond donors (Lipinski definition) is 2. The Morgan fingerprint density at radius 2 is 1.72 bits per heavy atom. The lowest BCUT2D eigenvalue weighted by atomic mass is 10.1. The third-order valence-corrected chi connectivity index (χ3v) is 2.91. The molecule has 2 rings (SSSR count). The minimum Gasteiger partial charge on any atom is -0.507 e. The Bertz CT molecular complexity index is 571. The quantitative estimate of drug-likeness (QED) is 0.850. The molecule has 0 bridgehead atoms. The second kappa shape index (κ2) is 4.64. The summed E-state index contributed by atoms with van der Waals surface area (Å²) in [5.74, 6) is 1.40. The summed E-state index contributed by atoms with van der Waals surface area (Å²) in [5, 5.41) is 9.77. The Balaban J connectivity index is 2.58. The molecular weight excluding hydrogens is 226 g/mol. The largest absolute Gasteiger partial charge is 0.507 e. The minimum atomic E-state index is 0.318. The molecule has 4 nitrogen and oxygen atoms in total. The summed E-state index contributed by atoms with van der Waals surface area (Å²) in [6.07, 6.45) is 0.815. The monoisotopic (exact) mass is 243 g/mol. The van der Waals surface area contributed by atoms with Crippen LogP contribution in [0.1, 0.15) is 23.7 Å². The number of nitrogens with two attached hydrogens (primary N) is 1. The summed E-state index contributed by atoms with van der Waals surface area (Å²) in [6, 6.07) is 5.52. The molecule has 0 atom stereocenters. The number of nitrogens with zero attached hydrogens (tertiary/aromatic N) is 2. The molecule has 1 aromatic heterocycles. The van der Waals surface area contributed by atoms with Gasteiger partial charge in [0.2, 0.25) is 0 Å². The number of aromatic nitrogens is 2. The van der Waals surface area contributed by atoms with Gasteiger partial charge in [0.25, 0.3) is 0 Å². The first-order valence-electron chi connectivity index (χ1n) is 5.95. The molecule has 0 saturated carbocycles. The van der Waals surface area contributed by atoms with Crippen molar-refractivity contribution < 1.29 is 5.11 Å². The fourth-order valence-electron chi connectivity index (χ4n) is 1.91. The molecule has 0 saturated heterocycles. The van der Waals surface area contributed by atoms with Crippen LogP contribution in [0.5, 0.6) is 5.75 Å². The van der Waals surface area contributed by atoms with Crippen LogP contribution in [0.4, 0.5) is 5.82 Å². The van der Waals surface area contributed by atoms with Crippen molar-refractivity contribution in [3.8, 4) is 17.1 Å². The molecule has 3 N–H and O–H groups in total. The summed E-state index contributed by atoms with van der Waals surface area (Å²) in [5.41, 5.74) is 9.20. The van der Waals surface area contributed by atoms with E-state index in [1.807, 2.05) is 32.9 Å². The van der Waals surface area contributed by atoms with E-state index in [4.69, 9.17) is 5.73 Å². The Morgan fingerprint density at radius 1 is 1.11 bits per heavy atom. The lowest BCUT2D eigenvalue weighted by Crippen LogP contribution is -2.00. The van der Waals surface area contributed by atoms with Gasteiger partial charge in [0.1, 0.15) is 11.6 Å². The summed E-state index contributed by atoms with van der Waals surface area (Å²) >= 11 is 0. The van der Waals surface area contributed by atoms with Crippen LogP contribution in [-0.2, 0) is 6.42 Å². The van der Waals surface area contributed by atoms with Crippen LogP contribution < -0.4 is 5.73 Å². The molecule has 0 amide bonds. The van der Waals surface area contributed by atoms with E-state index < -0.39 is 0 Å². The Labute approximate surface area is 107 Å². The van der Waals surface area contributed by atoms with E-state index in [1.54, 1.807) is 6.07 Å². The van der Waals surface area contributed by atoms with Gasteiger partial charge in [0.05, 0.1) is 0 Å². The number of aromatic hydroxyl groups is 1. The van der Waals surface area contributed by atoms with Gasteiger partial charge in [-0.05, 0) is 43.5 Å². The normalized spacial score (nSPS) is 10.6. The summed E-state index contributed by atoms with van der Waals surface area (Å²) in [4.78, 5) is 8.71. The fraction of sp³-hybridized carbons (Fsp3) is 0.286. The first-order valence-corrected chi connectivity index (χ1v) is 5.95. The number of nitrogen functional groups attached to an aromatic ring is 1. The second-order valence-electron chi connectivity index (χ2n) is 4.42. The maximum absolute atomic E-state index is 9.77. The summed E-state index contributed by atoms with van der Waals surface area (Å²) < 4.78 is 0. The summed E-state index contributed by atoms with van der Waals surface area (Å²) in [7, 11) is 0. The fourth-order valence-corrected chi connectivity index (χ4v) is 1.91. The van der Waals surface area contributed by atoms with E-state index in [2.05, 4.69) is 9.97 Å². The van der Waals surface area contributed by atoms with Gasteiger partial charge in [-0.25, -0.2) is 9.97 Å². The SMILES string of the molecule is CCc1cc(N)nc(-c2cc(C)c(O)c(C)c2)n1. The van der Waals surface area contributed by atoms with Gasteiger partial charge in [0.15, 0.2) is 5.82 Å². The van der Waals surface area contributed by atoms with Crippen LogP contribution in [0.15, 0.2) is 18.2 Å². The van der Waals surface area contributed by atoms with Crippen LogP contribution in [0.25, 0.3) is 11.4 Å². The predicted molar refractivity (Wildman–Crippen MR) is 72.4 cm³/mol. The zero-order valence-corrected chi connectivity index (χ0v) is 10.9. The number of phenolic OH excluding ortho intramolecular Hbond substituents is 1. The van der Waals surface area contributed by atoms with E-state index >= 15 is 0 Å². The Hall–Kier alpha value is -2.10. The number of benzene rings is 1. The highest BCUT2D eigenvalue weighted by Gasteiger charge is 2.09. The number of hydrogen-bond acceptors (Lipinski definition) is 4. The minimum absolute atomic E-state index is 0.318. The zero-order valence-electron chi connectivity index (χ0n) is 10.9. The zero-order chi connectivity index (χ0) is 13.3. The van der Waals surface area contributed by atoms with Gasteiger partial charge in [-0.2, -0.15) is 0 Å². The summed E-state index contributed by atoms with van der Waals surface area (Å²) in [6.45, 7) is 5.75. The first kappa shape index (κ1) is 12.4. The second-order valence-corrected chi connectivity index (χ2v) is 4.42. The van der Waals surface area contributed by atoms with Gasteiger partial charge in [-0.15, -0.1) is 0 Å². The molecule has 0 unspecified atom stereocenters. The van der Waals surface area contributed by atoms with Crippen molar-refractivity contribution >= 4 is 5.82 Å². The molecule has 94 valence electrons. The van der Waals surface area contributed by atoms with Crippen LogP contribution in [0, 0.1) is 13.8 Å². The molecule has 1 heterocycles. The van der Waals surface area contributed by atoms with Crippen molar-refractivity contribution in [3.05, 3.63) is 35.0 Å². The molecule has 0 radical (unpaired) electrons. The van der Waals surface area contributed by atoms with Crippen molar-refractivity contribution in [2.75, 3.05) is 5.73 Å². The molecule has 0 aliphatic heterocycles. The first-order chi connectivity index (χ1) is 8.51. The van der Waals surface area contributed by atoms with E-state index in [0.717, 1.165) is 28.8 Å². The van der Waals surface area contributed by atoms with Gasteiger partial charge in [0, 0.05) is 17.3 Å². The maximum Gasteiger partial charge on any atom is 0.161 e. The van der Waals surface area contributed by atoms with Gasteiger partial charge < -0.3 is 10.8 Å². The molecule has 2 aromatic rings. The van der Waals surface area contributed by atoms with Crippen LogP contribution >= 0.6 is 0 Å². The number of phenols is 1. The Kier molecular flexibility index (Phi) is 3.19. The highest BCUT2D eigenvalue weighted by molar-refractivity contribution is 5.62. The van der Waals surface area contributed by atoms with Crippen LogP contribution in [0.3, 0.4) is 0 Å². The van der Waals surface area contributed by atoms with E-state index in [1.165, 1.54) is 0 Å². The molecule has 0 spiro atoms. The highest BCUT2D eigenvalue weighted by atomic mass is 16.3. The van der Waals surface area contributed by atoms with Gasteiger partial charge in [-0.1, -0.05) is 6.92 Å². The van der Waals surface area contributed by atoms with Crippen LogP contribution in [-0.4, -0.2) is 15.1 Å². The predicted octanol–water partition coefficient (Wildman–Crippen LogP) is 2.61. The molecule has 18 heavy (non-hydrogen) atoms. The molecule has 4 heteroatoms. The maximum atomic E-state index is 9.77. The smallest absolute Gasteiger partial charge is 0.161 e. The van der Waals surface area contributed by atoms with Crippen LogP contribution in [0.2, 0.25) is 0 Å². The lowest BCUT2D eigenvalue weighted by Gasteiger charge is -2.08. The van der Waals surface area contributed by atoms with E-state index in [-0.39, 0.29) is 0 Å². The standard InChI is InChI=1S/C14H17N3O/c1-4-11-7-12(15)17-14(16-11)10-5-8(2)13(18)9(3)6-10/h5-7,18H,4H2,1-3H3,(H2,15,16,17). The van der Waals surface area contributed by atoms with Crippen molar-refractivity contribution in [2.45, 2.75) is 27.2 Å². The van der Waals surface area contributed by atoms with E-state index in [9.17, 15) is 5.11 Å². The van der Waals surface area contributed by atoms with Crippen molar-refractivity contribution in [1.29, 1.82) is 0 Å². The van der Waals surface area contributed by atoms with Gasteiger partial charge in [-0.3, -0.25) is 0 Å². The van der Waals surface area contributed by atoms with E-state index in [0.29, 0.717) is 17.4 Å². The average molecular weight is 243 g/mol. The lowest BCUT2D eigenvalue weighted by molar-refractivity contribution is 0.467. The van der Waals surface area contributed by atoms with Crippen molar-refractivity contribution in [3.63, 3.8) is 0 Å². The van der Waals surface area contributed by atoms with Crippen molar-refractivity contribution in [1.82, 2.24) is 9.97 Å². The molecule has 0 aliphatic carbocycles. The third-order valence-electron chi connectivity index (χ3n) is 2.91. The molecule has 0 aliphatic rings. The highest BCUT2D eigenvalue weighted by Crippen LogP contribution is 2.27. The average Bonchev–Trinajstić information content (AvgIpc) is 2.34. The number of rotatable bonds is 2. The topological polar surface area (TPSA) is 72.0 Å². The molecule has 0 fully saturated rings. The molecule has 1 aromatic carbocycles. The number of aryl methyl sites for hydroxylation is 3.